The highest BCUT2D eigenvalue weighted by Crippen LogP contribution is 2.30. The summed E-state index contributed by atoms with van der Waals surface area (Å²) in [5.41, 5.74) is 3.95. The second-order valence-electron chi connectivity index (χ2n) is 8.60. The van der Waals surface area contributed by atoms with Crippen LogP contribution in [0.25, 0.3) is 33.6 Å². The zero-order chi connectivity index (χ0) is 25.4. The van der Waals surface area contributed by atoms with Gasteiger partial charge in [0, 0.05) is 35.4 Å². The van der Waals surface area contributed by atoms with Crippen molar-refractivity contribution in [3.8, 4) is 11.8 Å². The van der Waals surface area contributed by atoms with E-state index in [0.717, 1.165) is 33.9 Å². The monoisotopic (exact) mass is 475 g/mol. The molecule has 0 aliphatic carbocycles. The molecule has 0 atom stereocenters. The van der Waals surface area contributed by atoms with Crippen molar-refractivity contribution >= 4 is 39.5 Å². The van der Waals surface area contributed by atoms with Crippen LogP contribution in [0.4, 0.5) is 5.69 Å². The normalized spacial score (nSPS) is 11.7. The number of aryl methyl sites for hydroxylation is 1. The Balaban J connectivity index is 1.52. The maximum absolute atomic E-state index is 13.1. The first-order chi connectivity index (χ1) is 17.4. The Morgan fingerprint density at radius 3 is 2.42 bits per heavy atom. The predicted octanol–water partition coefficient (Wildman–Crippen LogP) is 5.16. The molecular formula is C29H25N5O2. The van der Waals surface area contributed by atoms with E-state index >= 15 is 0 Å². The van der Waals surface area contributed by atoms with Crippen molar-refractivity contribution in [1.82, 2.24) is 13.9 Å². The number of hydrogen-bond donors (Lipinski definition) is 1. The van der Waals surface area contributed by atoms with Crippen LogP contribution in [0.1, 0.15) is 18.2 Å². The van der Waals surface area contributed by atoms with E-state index in [-0.39, 0.29) is 16.8 Å². The van der Waals surface area contributed by atoms with Crippen molar-refractivity contribution in [2.45, 2.75) is 20.4 Å². The Bertz CT molecular complexity index is 1760. The van der Waals surface area contributed by atoms with Crippen LogP contribution in [0.15, 0.2) is 83.2 Å². The Hall–Kier alpha value is -4.83. The maximum Gasteiger partial charge on any atom is 0.295 e. The smallest absolute Gasteiger partial charge is 0.295 e. The fraction of sp³-hybridized carbons (Fsp3) is 0.138. The SMILES string of the molecule is CCn1c2ccccc2c2cc(/C=C(\C#N)C(=O)Nc3c(C)n(C)n(-c4ccccc4)c3=O)ccc21. The number of anilines is 1. The first-order valence-corrected chi connectivity index (χ1v) is 11.7. The number of nitrogens with one attached hydrogen (secondary N) is 1. The maximum atomic E-state index is 13.1. The number of rotatable bonds is 5. The first-order valence-electron chi connectivity index (χ1n) is 11.7. The van der Waals surface area contributed by atoms with Gasteiger partial charge in [-0.25, -0.2) is 4.68 Å². The highest BCUT2D eigenvalue weighted by molar-refractivity contribution is 6.11. The van der Waals surface area contributed by atoms with Crippen LogP contribution in [0.5, 0.6) is 0 Å². The van der Waals surface area contributed by atoms with Gasteiger partial charge in [0.05, 0.1) is 11.4 Å². The Morgan fingerprint density at radius 2 is 1.69 bits per heavy atom. The van der Waals surface area contributed by atoms with Gasteiger partial charge in [0.2, 0.25) is 0 Å². The third-order valence-corrected chi connectivity index (χ3v) is 6.58. The lowest BCUT2D eigenvalue weighted by molar-refractivity contribution is -0.112. The average Bonchev–Trinajstić information content (AvgIpc) is 3.33. The fourth-order valence-corrected chi connectivity index (χ4v) is 4.71. The highest BCUT2D eigenvalue weighted by Gasteiger charge is 2.20. The second kappa shape index (κ2) is 9.08. The number of hydrogen-bond acceptors (Lipinski definition) is 3. The molecule has 0 spiro atoms. The summed E-state index contributed by atoms with van der Waals surface area (Å²) in [4.78, 5) is 26.2. The van der Waals surface area contributed by atoms with Crippen LogP contribution in [-0.2, 0) is 18.4 Å². The van der Waals surface area contributed by atoms with Crippen LogP contribution >= 0.6 is 0 Å². The summed E-state index contributed by atoms with van der Waals surface area (Å²) in [5.74, 6) is -0.625. The number of para-hydroxylation sites is 2. The van der Waals surface area contributed by atoms with E-state index < -0.39 is 5.91 Å². The van der Waals surface area contributed by atoms with E-state index in [0.29, 0.717) is 11.4 Å². The average molecular weight is 476 g/mol. The van der Waals surface area contributed by atoms with Gasteiger partial charge in [-0.15, -0.1) is 0 Å². The van der Waals surface area contributed by atoms with Gasteiger partial charge in [-0.1, -0.05) is 42.5 Å². The summed E-state index contributed by atoms with van der Waals surface area (Å²) in [6, 6.07) is 25.3. The Kier molecular flexibility index (Phi) is 5.79. The number of nitrogens with zero attached hydrogens (tertiary/aromatic N) is 4. The molecule has 36 heavy (non-hydrogen) atoms. The zero-order valence-corrected chi connectivity index (χ0v) is 20.3. The van der Waals surface area contributed by atoms with Crippen LogP contribution in [0.2, 0.25) is 0 Å². The van der Waals surface area contributed by atoms with Crippen molar-refractivity contribution in [2.24, 2.45) is 7.05 Å². The van der Waals surface area contributed by atoms with Crippen molar-refractivity contribution < 1.29 is 4.79 Å². The molecule has 0 fully saturated rings. The molecule has 1 N–H and O–H groups in total. The van der Waals surface area contributed by atoms with Crippen LogP contribution in [0, 0.1) is 18.3 Å². The molecule has 0 unspecified atom stereocenters. The fourth-order valence-electron chi connectivity index (χ4n) is 4.71. The summed E-state index contributed by atoms with van der Waals surface area (Å²) in [7, 11) is 1.75. The van der Waals surface area contributed by atoms with Gasteiger partial charge in [0.1, 0.15) is 17.3 Å². The third kappa shape index (κ3) is 3.69. The minimum Gasteiger partial charge on any atom is -0.341 e. The standard InChI is InChI=1S/C29H25N5O2/c1-4-33-25-13-9-8-12-23(25)24-17-20(14-15-26(24)33)16-21(18-30)28(35)31-27-19(2)32(3)34(29(27)36)22-10-6-5-7-11-22/h5-17H,4H2,1-3H3,(H,31,35)/b21-16+. The van der Waals surface area contributed by atoms with E-state index in [4.69, 9.17) is 0 Å². The lowest BCUT2D eigenvalue weighted by Crippen LogP contribution is -2.23. The second-order valence-corrected chi connectivity index (χ2v) is 8.60. The Morgan fingerprint density at radius 1 is 1.00 bits per heavy atom. The van der Waals surface area contributed by atoms with Gasteiger partial charge in [0.15, 0.2) is 0 Å². The van der Waals surface area contributed by atoms with Crippen molar-refractivity contribution in [1.29, 1.82) is 5.26 Å². The number of fused-ring (bicyclic) bond motifs is 3. The van der Waals surface area contributed by atoms with Gasteiger partial charge in [-0.05, 0) is 55.8 Å². The van der Waals surface area contributed by atoms with E-state index in [2.05, 4.69) is 28.9 Å². The Labute approximate surface area is 208 Å². The number of amides is 1. The van der Waals surface area contributed by atoms with Crippen LogP contribution in [-0.4, -0.2) is 19.8 Å². The molecule has 1 amide bonds. The number of carbonyl (C=O) groups is 1. The largest absolute Gasteiger partial charge is 0.341 e. The number of aromatic nitrogens is 3. The molecular weight excluding hydrogens is 450 g/mol. The molecule has 0 radical (unpaired) electrons. The molecule has 2 aromatic heterocycles. The number of benzene rings is 3. The molecule has 0 saturated carbocycles. The molecule has 0 saturated heterocycles. The lowest BCUT2D eigenvalue weighted by Gasteiger charge is -2.07. The van der Waals surface area contributed by atoms with Gasteiger partial charge < -0.3 is 9.88 Å². The summed E-state index contributed by atoms with van der Waals surface area (Å²) in [6.45, 7) is 4.70. The molecule has 7 heteroatoms. The molecule has 5 rings (SSSR count). The molecule has 2 heterocycles. The van der Waals surface area contributed by atoms with Gasteiger partial charge in [0.25, 0.3) is 11.5 Å². The molecule has 0 bridgehead atoms. The zero-order valence-electron chi connectivity index (χ0n) is 20.3. The molecule has 3 aromatic carbocycles. The molecule has 178 valence electrons. The minimum atomic E-state index is -0.625. The predicted molar refractivity (Wildman–Crippen MR) is 143 cm³/mol. The molecule has 0 aliphatic heterocycles. The van der Waals surface area contributed by atoms with E-state index in [1.165, 1.54) is 4.68 Å². The summed E-state index contributed by atoms with van der Waals surface area (Å²) >= 11 is 0. The summed E-state index contributed by atoms with van der Waals surface area (Å²) in [5, 5.41) is 14.6. The van der Waals surface area contributed by atoms with E-state index in [9.17, 15) is 14.9 Å². The molecule has 0 aliphatic rings. The lowest BCUT2D eigenvalue weighted by atomic mass is 10.1. The van der Waals surface area contributed by atoms with Crippen LogP contribution in [0.3, 0.4) is 0 Å². The first kappa shape index (κ1) is 22.9. The topological polar surface area (TPSA) is 84.8 Å². The van der Waals surface area contributed by atoms with Gasteiger partial charge in [-0.3, -0.25) is 14.3 Å². The van der Waals surface area contributed by atoms with Crippen LogP contribution < -0.4 is 10.9 Å². The highest BCUT2D eigenvalue weighted by atomic mass is 16.2. The van der Waals surface area contributed by atoms with Gasteiger partial charge in [-0.2, -0.15) is 5.26 Å². The van der Waals surface area contributed by atoms with Gasteiger partial charge >= 0.3 is 0 Å². The van der Waals surface area contributed by atoms with E-state index in [1.54, 1.807) is 24.7 Å². The molecule has 5 aromatic rings. The summed E-state index contributed by atoms with van der Waals surface area (Å²) < 4.78 is 5.41. The van der Waals surface area contributed by atoms with Crippen molar-refractivity contribution in [3.63, 3.8) is 0 Å². The van der Waals surface area contributed by atoms with E-state index in [1.807, 2.05) is 66.7 Å². The minimum absolute atomic E-state index is 0.0810. The summed E-state index contributed by atoms with van der Waals surface area (Å²) in [6.07, 6.45) is 1.56. The van der Waals surface area contributed by atoms with Crippen molar-refractivity contribution in [3.05, 3.63) is 100.0 Å². The number of nitriles is 1. The quantitative estimate of drug-likeness (QED) is 0.282. The van der Waals surface area contributed by atoms with Crippen molar-refractivity contribution in [2.75, 3.05) is 5.32 Å². The molecule has 7 nitrogen and oxygen atoms in total. The third-order valence-electron chi connectivity index (χ3n) is 6.58. The number of carbonyl (C=O) groups excluding carboxylic acids is 1.